The number of nitrogens with zero attached hydrogens (tertiary/aromatic N) is 2. The Morgan fingerprint density at radius 1 is 1.35 bits per heavy atom. The molecule has 0 aliphatic carbocycles. The van der Waals surface area contributed by atoms with Gasteiger partial charge in [0, 0.05) is 38.4 Å². The lowest BCUT2D eigenvalue weighted by Crippen LogP contribution is -2.53. The van der Waals surface area contributed by atoms with Crippen LogP contribution in [0.2, 0.25) is 0 Å². The largest absolute Gasteiger partial charge is 0.493 e. The number of likely N-dealkylation sites (tertiary alicyclic amines) is 1. The van der Waals surface area contributed by atoms with E-state index in [4.69, 9.17) is 4.74 Å². The first-order valence-corrected chi connectivity index (χ1v) is 8.98. The van der Waals surface area contributed by atoms with Crippen LogP contribution in [0.1, 0.15) is 28.0 Å². The number of nitrogens with one attached hydrogen (secondary N) is 2. The number of aromatic nitrogens is 2. The zero-order valence-electron chi connectivity index (χ0n) is 14.5. The lowest BCUT2D eigenvalue weighted by atomic mass is 9.98. The molecule has 0 bridgehead atoms. The molecule has 0 atom stereocenters. The quantitative estimate of drug-likeness (QED) is 0.815. The number of hydrogen-bond acceptors (Lipinski definition) is 4. The third-order valence-corrected chi connectivity index (χ3v) is 4.99. The number of hydrogen-bond donors (Lipinski definition) is 2. The smallest absolute Gasteiger partial charge is 0.269 e. The number of aromatic amines is 1. The summed E-state index contributed by atoms with van der Waals surface area (Å²) < 4.78 is 5.51. The van der Waals surface area contributed by atoms with Crippen LogP contribution in [0.4, 0.5) is 0 Å². The van der Waals surface area contributed by atoms with E-state index in [1.807, 2.05) is 17.0 Å². The fourth-order valence-corrected chi connectivity index (χ4v) is 3.42. The molecule has 1 saturated heterocycles. The van der Waals surface area contributed by atoms with Gasteiger partial charge in [0.15, 0.2) is 0 Å². The Morgan fingerprint density at radius 2 is 2.23 bits per heavy atom. The van der Waals surface area contributed by atoms with Crippen LogP contribution in [0.25, 0.3) is 0 Å². The molecule has 0 unspecified atom stereocenters. The van der Waals surface area contributed by atoms with Crippen LogP contribution in [0.15, 0.2) is 30.7 Å². The van der Waals surface area contributed by atoms with E-state index >= 15 is 0 Å². The number of amides is 2. The first-order valence-electron chi connectivity index (χ1n) is 8.98. The lowest BCUT2D eigenvalue weighted by molar-refractivity contribution is -0.137. The number of benzene rings is 1. The monoisotopic (exact) mass is 354 g/mol. The van der Waals surface area contributed by atoms with Gasteiger partial charge in [-0.1, -0.05) is 12.1 Å². The Balaban J connectivity index is 1.17. The Morgan fingerprint density at radius 3 is 3.04 bits per heavy atom. The van der Waals surface area contributed by atoms with Crippen molar-refractivity contribution < 1.29 is 14.3 Å². The second kappa shape index (κ2) is 7.19. The minimum absolute atomic E-state index is 0.159. The third-order valence-electron chi connectivity index (χ3n) is 4.99. The van der Waals surface area contributed by atoms with E-state index in [-0.39, 0.29) is 11.8 Å². The molecule has 1 aromatic heterocycles. The van der Waals surface area contributed by atoms with Crippen molar-refractivity contribution in [2.75, 3.05) is 26.2 Å². The van der Waals surface area contributed by atoms with Crippen molar-refractivity contribution in [1.82, 2.24) is 20.2 Å². The third kappa shape index (κ3) is 3.56. The summed E-state index contributed by atoms with van der Waals surface area (Å²) in [5.41, 5.74) is 2.88. The summed E-state index contributed by atoms with van der Waals surface area (Å²) in [6, 6.07) is 6.20. The number of rotatable bonds is 6. The van der Waals surface area contributed by atoms with Crippen LogP contribution in [0.5, 0.6) is 5.75 Å². The normalized spacial score (nSPS) is 15.9. The Labute approximate surface area is 151 Å². The van der Waals surface area contributed by atoms with E-state index in [0.29, 0.717) is 37.7 Å². The maximum atomic E-state index is 12.3. The highest BCUT2D eigenvalue weighted by Gasteiger charge is 2.30. The minimum atomic E-state index is -0.159. The van der Waals surface area contributed by atoms with Crippen molar-refractivity contribution in [2.45, 2.75) is 19.3 Å². The highest BCUT2D eigenvalue weighted by atomic mass is 16.5. The zero-order chi connectivity index (χ0) is 17.9. The molecule has 1 fully saturated rings. The fraction of sp³-hybridized carbons (Fsp3) is 0.421. The topological polar surface area (TPSA) is 87.3 Å². The van der Waals surface area contributed by atoms with Gasteiger partial charge in [-0.05, 0) is 23.6 Å². The molecule has 0 saturated carbocycles. The van der Waals surface area contributed by atoms with Gasteiger partial charge >= 0.3 is 0 Å². The van der Waals surface area contributed by atoms with Crippen molar-refractivity contribution in [3.05, 3.63) is 47.5 Å². The second-order valence-electron chi connectivity index (χ2n) is 6.88. The number of aryl methyl sites for hydroxylation is 1. The number of ether oxygens (including phenoxy) is 1. The number of carbonyl (C=O) groups excluding carboxylic acids is 2. The van der Waals surface area contributed by atoms with E-state index in [2.05, 4.69) is 21.4 Å². The average molecular weight is 354 g/mol. The van der Waals surface area contributed by atoms with Crippen molar-refractivity contribution in [3.8, 4) is 5.75 Å². The summed E-state index contributed by atoms with van der Waals surface area (Å²) in [4.78, 5) is 32.6. The maximum absolute atomic E-state index is 12.3. The number of carbonyl (C=O) groups is 2. The number of H-pyrrole nitrogens is 1. The minimum Gasteiger partial charge on any atom is -0.493 e. The molecule has 1 aromatic carbocycles. The van der Waals surface area contributed by atoms with Crippen LogP contribution >= 0.6 is 0 Å². The molecular formula is C19H22N4O3. The Kier molecular flexibility index (Phi) is 4.60. The number of fused-ring (bicyclic) bond motifs is 1. The van der Waals surface area contributed by atoms with E-state index < -0.39 is 0 Å². The summed E-state index contributed by atoms with van der Waals surface area (Å²) in [5.74, 6) is 1.32. The van der Waals surface area contributed by atoms with Crippen molar-refractivity contribution in [1.29, 1.82) is 0 Å². The molecule has 0 radical (unpaired) electrons. The van der Waals surface area contributed by atoms with Crippen LogP contribution in [0, 0.1) is 5.92 Å². The predicted octanol–water partition coefficient (Wildman–Crippen LogP) is 1.17. The highest BCUT2D eigenvalue weighted by Crippen LogP contribution is 2.26. The Hall–Kier alpha value is -2.83. The maximum Gasteiger partial charge on any atom is 0.269 e. The molecule has 0 spiro atoms. The SMILES string of the molecule is O=C(NCC1CN(C(=O)CCc2ccc3c(c2)CCO3)C1)c1cnc[nH]1. The van der Waals surface area contributed by atoms with Crippen molar-refractivity contribution in [2.24, 2.45) is 5.92 Å². The molecule has 2 aromatic rings. The molecule has 4 rings (SSSR count). The molecule has 7 heteroatoms. The van der Waals surface area contributed by atoms with Gasteiger partial charge in [-0.3, -0.25) is 9.59 Å². The molecule has 2 aliphatic rings. The zero-order valence-corrected chi connectivity index (χ0v) is 14.5. The number of imidazole rings is 1. The van der Waals surface area contributed by atoms with Gasteiger partial charge in [-0.25, -0.2) is 4.98 Å². The molecule has 7 nitrogen and oxygen atoms in total. The van der Waals surface area contributed by atoms with Crippen molar-refractivity contribution >= 4 is 11.8 Å². The van der Waals surface area contributed by atoms with Crippen LogP contribution < -0.4 is 10.1 Å². The summed E-state index contributed by atoms with van der Waals surface area (Å²) in [5, 5.41) is 2.87. The van der Waals surface area contributed by atoms with E-state index in [1.54, 1.807) is 0 Å². The van der Waals surface area contributed by atoms with E-state index in [9.17, 15) is 9.59 Å². The molecule has 2 amide bonds. The van der Waals surface area contributed by atoms with Crippen LogP contribution in [-0.4, -0.2) is 52.9 Å². The average Bonchev–Trinajstić information content (AvgIpc) is 3.29. The van der Waals surface area contributed by atoms with Crippen molar-refractivity contribution in [3.63, 3.8) is 0 Å². The first kappa shape index (κ1) is 16.6. The molecule has 26 heavy (non-hydrogen) atoms. The van der Waals surface area contributed by atoms with Gasteiger partial charge in [0.2, 0.25) is 5.91 Å². The van der Waals surface area contributed by atoms with Gasteiger partial charge in [0.25, 0.3) is 5.91 Å². The summed E-state index contributed by atoms with van der Waals surface area (Å²) in [7, 11) is 0. The molecule has 2 N–H and O–H groups in total. The lowest BCUT2D eigenvalue weighted by Gasteiger charge is -2.39. The van der Waals surface area contributed by atoms with Crippen LogP contribution in [0.3, 0.4) is 0 Å². The van der Waals surface area contributed by atoms with Gasteiger partial charge in [0.05, 0.1) is 19.1 Å². The second-order valence-corrected chi connectivity index (χ2v) is 6.88. The van der Waals surface area contributed by atoms with Crippen LogP contribution in [-0.2, 0) is 17.6 Å². The summed E-state index contributed by atoms with van der Waals surface area (Å²) in [6.07, 6.45) is 5.20. The summed E-state index contributed by atoms with van der Waals surface area (Å²) >= 11 is 0. The van der Waals surface area contributed by atoms with Gasteiger partial charge < -0.3 is 19.9 Å². The van der Waals surface area contributed by atoms with E-state index in [1.165, 1.54) is 23.7 Å². The Bertz CT molecular complexity index is 797. The fourth-order valence-electron chi connectivity index (χ4n) is 3.42. The van der Waals surface area contributed by atoms with Gasteiger partial charge in [-0.2, -0.15) is 0 Å². The highest BCUT2D eigenvalue weighted by molar-refractivity contribution is 5.91. The molecular weight excluding hydrogens is 332 g/mol. The van der Waals surface area contributed by atoms with Gasteiger partial charge in [-0.15, -0.1) is 0 Å². The molecule has 2 aliphatic heterocycles. The molecule has 3 heterocycles. The van der Waals surface area contributed by atoms with Gasteiger partial charge in [0.1, 0.15) is 11.4 Å². The molecule has 136 valence electrons. The first-order chi connectivity index (χ1) is 12.7. The van der Waals surface area contributed by atoms with E-state index in [0.717, 1.165) is 25.2 Å². The summed E-state index contributed by atoms with van der Waals surface area (Å²) in [6.45, 7) is 2.75. The predicted molar refractivity (Wildman–Crippen MR) is 95.0 cm³/mol. The standard InChI is InChI=1S/C19H22N4O3/c24-18(4-2-13-1-3-17-15(7-13)5-6-26-17)23-10-14(11-23)8-21-19(25)16-9-20-12-22-16/h1,3,7,9,12,14H,2,4-6,8,10-11H2,(H,20,22)(H,21,25).